The highest BCUT2D eigenvalue weighted by molar-refractivity contribution is 5.71. The number of ether oxygens (including phenoxy) is 1. The number of azo groups is 1. The highest BCUT2D eigenvalue weighted by Crippen LogP contribution is 2.39. The van der Waals surface area contributed by atoms with E-state index in [2.05, 4.69) is 20.2 Å². The molecule has 0 unspecified atom stereocenters. The standard InChI is InChI=1S/C27H33N5O4/c1-5-36-24(33)16-31-13-11-20(12-14-31)22-7-6-8-23(26(22)34)28-29-25-19(4)30-32(27(25)35)21-10-9-17(2)18(3)15-21/h6-10,15,20,30,34H,5,11-14,16H2,1-4H3. The molecule has 1 saturated heterocycles. The number of hydrogen-bond donors (Lipinski definition) is 2. The van der Waals surface area contributed by atoms with E-state index in [1.54, 1.807) is 19.9 Å². The maximum absolute atomic E-state index is 13.0. The Morgan fingerprint density at radius 1 is 1.11 bits per heavy atom. The van der Waals surface area contributed by atoms with E-state index >= 15 is 0 Å². The number of esters is 1. The summed E-state index contributed by atoms with van der Waals surface area (Å²) in [7, 11) is 0. The molecule has 3 aromatic rings. The van der Waals surface area contributed by atoms with Crippen molar-refractivity contribution < 1.29 is 14.6 Å². The number of benzene rings is 2. The molecular weight excluding hydrogens is 458 g/mol. The number of nitrogens with zero attached hydrogens (tertiary/aromatic N) is 4. The van der Waals surface area contributed by atoms with Gasteiger partial charge in [0.05, 0.1) is 24.5 Å². The lowest BCUT2D eigenvalue weighted by molar-refractivity contribution is -0.144. The first-order valence-corrected chi connectivity index (χ1v) is 12.3. The maximum atomic E-state index is 13.0. The monoisotopic (exact) mass is 491 g/mol. The van der Waals surface area contributed by atoms with Crippen LogP contribution in [0.15, 0.2) is 51.4 Å². The number of aromatic hydroxyl groups is 1. The molecule has 9 nitrogen and oxygen atoms in total. The number of rotatable bonds is 7. The summed E-state index contributed by atoms with van der Waals surface area (Å²) in [5.74, 6) is 0.0141. The van der Waals surface area contributed by atoms with Crippen LogP contribution in [0.5, 0.6) is 5.75 Å². The number of carbonyl (C=O) groups excluding carboxylic acids is 1. The Morgan fingerprint density at radius 2 is 1.86 bits per heavy atom. The topological polar surface area (TPSA) is 112 Å². The average molecular weight is 492 g/mol. The molecule has 1 aliphatic heterocycles. The normalized spacial score (nSPS) is 15.0. The van der Waals surface area contributed by atoms with E-state index in [4.69, 9.17) is 4.74 Å². The van der Waals surface area contributed by atoms with Gasteiger partial charge < -0.3 is 9.84 Å². The number of likely N-dealkylation sites (tertiary alicyclic amines) is 1. The van der Waals surface area contributed by atoms with Crippen molar-refractivity contribution in [1.82, 2.24) is 14.7 Å². The molecule has 0 saturated carbocycles. The zero-order valence-electron chi connectivity index (χ0n) is 21.2. The van der Waals surface area contributed by atoms with E-state index in [1.165, 1.54) is 4.68 Å². The minimum Gasteiger partial charge on any atom is -0.505 e. The third-order valence-corrected chi connectivity index (χ3v) is 6.78. The minimum atomic E-state index is -0.302. The van der Waals surface area contributed by atoms with Crippen molar-refractivity contribution >= 4 is 17.3 Å². The van der Waals surface area contributed by atoms with E-state index in [0.29, 0.717) is 18.0 Å². The Labute approximate surface area is 210 Å². The van der Waals surface area contributed by atoms with E-state index in [-0.39, 0.29) is 35.4 Å². The molecule has 4 rings (SSSR count). The molecule has 0 radical (unpaired) electrons. The number of aryl methyl sites for hydroxylation is 3. The van der Waals surface area contributed by atoms with Crippen LogP contribution in [0.4, 0.5) is 11.4 Å². The number of phenolic OH excluding ortho intramolecular Hbond substituents is 1. The molecule has 1 fully saturated rings. The summed E-state index contributed by atoms with van der Waals surface area (Å²) in [6.45, 7) is 9.76. The van der Waals surface area contributed by atoms with E-state index in [1.807, 2.05) is 44.2 Å². The van der Waals surface area contributed by atoms with Crippen molar-refractivity contribution in [3.63, 3.8) is 0 Å². The summed E-state index contributed by atoms with van der Waals surface area (Å²) in [5, 5.41) is 22.5. The molecular formula is C27H33N5O4. The molecule has 2 N–H and O–H groups in total. The molecule has 0 amide bonds. The van der Waals surface area contributed by atoms with Gasteiger partial charge in [0.2, 0.25) is 0 Å². The fraction of sp³-hybridized carbons (Fsp3) is 0.407. The Bertz CT molecular complexity index is 1330. The smallest absolute Gasteiger partial charge is 0.320 e. The molecule has 190 valence electrons. The molecule has 0 aliphatic carbocycles. The number of nitrogens with one attached hydrogen (secondary N) is 1. The van der Waals surface area contributed by atoms with Gasteiger partial charge in [0.15, 0.2) is 5.69 Å². The number of H-pyrrole nitrogens is 1. The van der Waals surface area contributed by atoms with Gasteiger partial charge in [-0.15, -0.1) is 10.2 Å². The summed E-state index contributed by atoms with van der Waals surface area (Å²) < 4.78 is 6.49. The van der Waals surface area contributed by atoms with Crippen LogP contribution in [0.3, 0.4) is 0 Å². The van der Waals surface area contributed by atoms with Gasteiger partial charge in [-0.3, -0.25) is 19.6 Å². The first-order chi connectivity index (χ1) is 17.3. The fourth-order valence-corrected chi connectivity index (χ4v) is 4.56. The van der Waals surface area contributed by atoms with Gasteiger partial charge in [0.1, 0.15) is 11.4 Å². The summed E-state index contributed by atoms with van der Waals surface area (Å²) in [4.78, 5) is 26.9. The molecule has 0 spiro atoms. The number of hydrogen-bond acceptors (Lipinski definition) is 7. The van der Waals surface area contributed by atoms with E-state index in [0.717, 1.165) is 48.3 Å². The van der Waals surface area contributed by atoms with Crippen molar-refractivity contribution in [1.29, 1.82) is 0 Å². The first-order valence-electron chi connectivity index (χ1n) is 12.3. The summed E-state index contributed by atoms with van der Waals surface area (Å²) in [5.41, 5.74) is 4.57. The summed E-state index contributed by atoms with van der Waals surface area (Å²) >= 11 is 0. The second-order valence-corrected chi connectivity index (χ2v) is 9.26. The van der Waals surface area contributed by atoms with Crippen LogP contribution < -0.4 is 5.56 Å². The molecule has 0 atom stereocenters. The van der Waals surface area contributed by atoms with Gasteiger partial charge in [-0.05, 0) is 94.4 Å². The second-order valence-electron chi connectivity index (χ2n) is 9.26. The SMILES string of the molecule is CCOC(=O)CN1CCC(c2cccc(N=Nc3c(C)[nH]n(-c4ccc(C)c(C)c4)c3=O)c2O)CC1. The molecule has 1 aliphatic rings. The highest BCUT2D eigenvalue weighted by Gasteiger charge is 2.25. The van der Waals surface area contributed by atoms with Crippen molar-refractivity contribution in [2.45, 2.75) is 46.5 Å². The van der Waals surface area contributed by atoms with Gasteiger partial charge in [-0.2, -0.15) is 0 Å². The van der Waals surface area contributed by atoms with Crippen LogP contribution in [0.2, 0.25) is 0 Å². The number of phenols is 1. The molecule has 1 aromatic heterocycles. The minimum absolute atomic E-state index is 0.0766. The Hall–Kier alpha value is -3.72. The van der Waals surface area contributed by atoms with Gasteiger partial charge in [0, 0.05) is 0 Å². The second kappa shape index (κ2) is 10.9. The number of aromatic amines is 1. The number of para-hydroxylation sites is 1. The van der Waals surface area contributed by atoms with Gasteiger partial charge in [-0.25, -0.2) is 4.68 Å². The van der Waals surface area contributed by atoms with Crippen molar-refractivity contribution in [2.24, 2.45) is 10.2 Å². The molecule has 36 heavy (non-hydrogen) atoms. The largest absolute Gasteiger partial charge is 0.505 e. The van der Waals surface area contributed by atoms with Crippen LogP contribution in [0.25, 0.3) is 5.69 Å². The van der Waals surface area contributed by atoms with Crippen LogP contribution in [0.1, 0.15) is 48.1 Å². The lowest BCUT2D eigenvalue weighted by Gasteiger charge is -2.31. The third kappa shape index (κ3) is 5.41. The molecule has 2 aromatic carbocycles. The molecule has 9 heteroatoms. The fourth-order valence-electron chi connectivity index (χ4n) is 4.56. The highest BCUT2D eigenvalue weighted by atomic mass is 16.5. The Balaban J connectivity index is 1.51. The maximum Gasteiger partial charge on any atom is 0.320 e. The number of aromatic nitrogens is 2. The average Bonchev–Trinajstić information content (AvgIpc) is 3.14. The van der Waals surface area contributed by atoms with E-state index in [9.17, 15) is 14.7 Å². The predicted molar refractivity (Wildman–Crippen MR) is 138 cm³/mol. The molecule has 2 heterocycles. The predicted octanol–water partition coefficient (Wildman–Crippen LogP) is 4.95. The van der Waals surface area contributed by atoms with Gasteiger partial charge >= 0.3 is 5.97 Å². The third-order valence-electron chi connectivity index (χ3n) is 6.78. The van der Waals surface area contributed by atoms with Crippen LogP contribution in [0, 0.1) is 20.8 Å². The van der Waals surface area contributed by atoms with Gasteiger partial charge in [-0.1, -0.05) is 18.2 Å². The van der Waals surface area contributed by atoms with Crippen molar-refractivity contribution in [2.75, 3.05) is 26.2 Å². The Kier molecular flexibility index (Phi) is 7.69. The van der Waals surface area contributed by atoms with E-state index < -0.39 is 0 Å². The summed E-state index contributed by atoms with van der Waals surface area (Å²) in [6, 6.07) is 11.2. The van der Waals surface area contributed by atoms with Crippen molar-refractivity contribution in [3.05, 3.63) is 69.1 Å². The van der Waals surface area contributed by atoms with Crippen LogP contribution >= 0.6 is 0 Å². The number of piperidine rings is 1. The quantitative estimate of drug-likeness (QED) is 0.359. The lowest BCUT2D eigenvalue weighted by Crippen LogP contribution is -2.37. The molecule has 0 bridgehead atoms. The zero-order valence-corrected chi connectivity index (χ0v) is 21.2. The first kappa shape index (κ1) is 25.4. The lowest BCUT2D eigenvalue weighted by atomic mass is 9.88. The van der Waals surface area contributed by atoms with Gasteiger partial charge in [0.25, 0.3) is 5.56 Å². The zero-order chi connectivity index (χ0) is 25.8. The number of carbonyl (C=O) groups is 1. The summed E-state index contributed by atoms with van der Waals surface area (Å²) in [6.07, 6.45) is 1.62. The van der Waals surface area contributed by atoms with Crippen molar-refractivity contribution in [3.8, 4) is 11.4 Å². The van der Waals surface area contributed by atoms with Crippen LogP contribution in [-0.2, 0) is 9.53 Å². The van der Waals surface area contributed by atoms with Crippen LogP contribution in [-0.4, -0.2) is 52.0 Å². The Morgan fingerprint density at radius 3 is 2.56 bits per heavy atom.